The van der Waals surface area contributed by atoms with E-state index >= 15 is 0 Å². The van der Waals surface area contributed by atoms with Crippen molar-refractivity contribution >= 4 is 17.7 Å². The lowest BCUT2D eigenvalue weighted by Crippen LogP contribution is -2.29. The van der Waals surface area contributed by atoms with Gasteiger partial charge in [-0.05, 0) is 37.1 Å². The molecule has 0 spiro atoms. The third-order valence-corrected chi connectivity index (χ3v) is 3.28. The zero-order valence-electron chi connectivity index (χ0n) is 13.3. The van der Waals surface area contributed by atoms with Crippen molar-refractivity contribution in [1.82, 2.24) is 10.3 Å². The first-order valence-corrected chi connectivity index (χ1v) is 6.98. The second kappa shape index (κ2) is 7.91. The molecule has 0 aliphatic carbocycles. The average Bonchev–Trinajstić information content (AvgIpc) is 2.52. The molecule has 0 unspecified atom stereocenters. The van der Waals surface area contributed by atoms with Gasteiger partial charge < -0.3 is 10.4 Å². The number of aliphatic carboxylic acids is 1. The smallest absolute Gasteiger partial charge is 0.475 e. The lowest BCUT2D eigenvalue weighted by molar-refractivity contribution is -0.192. The van der Waals surface area contributed by atoms with Gasteiger partial charge in [0, 0.05) is 13.6 Å². The molecule has 1 aliphatic heterocycles. The van der Waals surface area contributed by atoms with Crippen LogP contribution >= 0.6 is 0 Å². The minimum Gasteiger partial charge on any atom is -0.475 e. The van der Waals surface area contributed by atoms with E-state index in [1.165, 1.54) is 16.5 Å². The first-order chi connectivity index (χ1) is 11.1. The number of halogens is 3. The quantitative estimate of drug-likeness (QED) is 0.799. The maximum atomic E-state index is 11.6. The molecule has 2 rings (SSSR count). The Hall–Kier alpha value is -2.42. The van der Waals surface area contributed by atoms with Gasteiger partial charge in [0.2, 0.25) is 0 Å². The number of anilines is 1. The van der Waals surface area contributed by atoms with Gasteiger partial charge in [-0.1, -0.05) is 12.6 Å². The Morgan fingerprint density at radius 3 is 2.54 bits per heavy atom. The predicted octanol–water partition coefficient (Wildman–Crippen LogP) is 1.82. The summed E-state index contributed by atoms with van der Waals surface area (Å²) in [7, 11) is 1.72. The molecular formula is C15H18F3N3O3. The van der Waals surface area contributed by atoms with Gasteiger partial charge >= 0.3 is 12.1 Å². The normalized spacial score (nSPS) is 13.2. The number of aromatic nitrogens is 1. The van der Waals surface area contributed by atoms with Crippen molar-refractivity contribution in [1.29, 1.82) is 0 Å². The summed E-state index contributed by atoms with van der Waals surface area (Å²) < 4.78 is 31.7. The van der Waals surface area contributed by atoms with Crippen LogP contribution < -0.4 is 10.2 Å². The van der Waals surface area contributed by atoms with Crippen LogP contribution in [-0.2, 0) is 22.6 Å². The van der Waals surface area contributed by atoms with Crippen molar-refractivity contribution in [2.24, 2.45) is 0 Å². The first kappa shape index (κ1) is 19.6. The number of aryl methyl sites for hydroxylation is 1. The number of nitrogens with one attached hydrogen (secondary N) is 1. The van der Waals surface area contributed by atoms with Crippen molar-refractivity contribution in [2.45, 2.75) is 26.1 Å². The summed E-state index contributed by atoms with van der Waals surface area (Å²) in [6, 6.07) is 2.13. The minimum absolute atomic E-state index is 0.135. The van der Waals surface area contributed by atoms with E-state index in [0.29, 0.717) is 0 Å². The first-order valence-electron chi connectivity index (χ1n) is 6.98. The van der Waals surface area contributed by atoms with Crippen molar-refractivity contribution in [3.8, 4) is 0 Å². The molecule has 9 heteroatoms. The van der Waals surface area contributed by atoms with Crippen LogP contribution in [0.15, 0.2) is 18.7 Å². The molecule has 132 valence electrons. The highest BCUT2D eigenvalue weighted by Crippen LogP contribution is 2.22. The fourth-order valence-corrected chi connectivity index (χ4v) is 2.08. The molecule has 1 aromatic rings. The summed E-state index contributed by atoms with van der Waals surface area (Å²) in [5.74, 6) is -2.17. The van der Waals surface area contributed by atoms with Crippen molar-refractivity contribution in [3.63, 3.8) is 0 Å². The number of rotatable bonds is 2. The molecule has 2 heterocycles. The fourth-order valence-electron chi connectivity index (χ4n) is 2.08. The molecule has 0 saturated carbocycles. The van der Waals surface area contributed by atoms with E-state index in [0.717, 1.165) is 36.6 Å². The maximum Gasteiger partial charge on any atom is 0.490 e. The zero-order valence-corrected chi connectivity index (χ0v) is 13.3. The molecule has 1 aliphatic rings. The van der Waals surface area contributed by atoms with Crippen LogP contribution in [0.5, 0.6) is 0 Å². The van der Waals surface area contributed by atoms with Crippen molar-refractivity contribution in [3.05, 3.63) is 35.5 Å². The number of pyridine rings is 1. The Labute approximate surface area is 137 Å². The molecular weight excluding hydrogens is 327 g/mol. The molecule has 1 aromatic heterocycles. The molecule has 0 bridgehead atoms. The number of likely N-dealkylation sites (N-methyl/N-ethyl adjacent to an activating group) is 1. The second-order valence-electron chi connectivity index (χ2n) is 5.07. The number of fused-ring (bicyclic) bond motifs is 1. The summed E-state index contributed by atoms with van der Waals surface area (Å²) in [5, 5.41) is 10.4. The highest BCUT2D eigenvalue weighted by atomic mass is 19.4. The van der Waals surface area contributed by atoms with Gasteiger partial charge in [-0.25, -0.2) is 9.78 Å². The van der Waals surface area contributed by atoms with Gasteiger partial charge in [-0.2, -0.15) is 13.2 Å². The summed E-state index contributed by atoms with van der Waals surface area (Å²) in [6.07, 6.45) is -2.78. The van der Waals surface area contributed by atoms with E-state index < -0.39 is 12.1 Å². The highest BCUT2D eigenvalue weighted by molar-refractivity contribution is 6.00. The number of nitrogens with zero attached hydrogens (tertiary/aromatic N) is 2. The van der Waals surface area contributed by atoms with Crippen LogP contribution in [0.25, 0.3) is 0 Å². The van der Waals surface area contributed by atoms with Crippen LogP contribution in [0.4, 0.5) is 19.0 Å². The van der Waals surface area contributed by atoms with Gasteiger partial charge in [0.25, 0.3) is 5.91 Å². The maximum absolute atomic E-state index is 11.6. The Kier molecular flexibility index (Phi) is 6.47. The van der Waals surface area contributed by atoms with Crippen molar-refractivity contribution in [2.75, 3.05) is 18.5 Å². The van der Waals surface area contributed by atoms with Gasteiger partial charge in [-0.15, -0.1) is 0 Å². The number of carbonyl (C=O) groups excluding carboxylic acids is 1. The third-order valence-electron chi connectivity index (χ3n) is 3.28. The number of amides is 1. The van der Waals surface area contributed by atoms with Crippen LogP contribution in [0.2, 0.25) is 0 Å². The number of hydrogen-bond donors (Lipinski definition) is 2. The van der Waals surface area contributed by atoms with Crippen LogP contribution in [0.1, 0.15) is 16.8 Å². The number of alkyl halides is 3. The molecule has 0 aromatic carbocycles. The zero-order chi connectivity index (χ0) is 18.5. The van der Waals surface area contributed by atoms with Crippen LogP contribution in [0.3, 0.4) is 0 Å². The van der Waals surface area contributed by atoms with E-state index in [4.69, 9.17) is 9.90 Å². The Morgan fingerprint density at radius 1 is 1.46 bits per heavy atom. The van der Waals surface area contributed by atoms with E-state index in [2.05, 4.69) is 22.9 Å². The molecule has 6 nitrogen and oxygen atoms in total. The fraction of sp³-hybridized carbons (Fsp3) is 0.400. The minimum atomic E-state index is -5.08. The lowest BCUT2D eigenvalue weighted by Gasteiger charge is -2.22. The van der Waals surface area contributed by atoms with Gasteiger partial charge in [0.1, 0.15) is 5.82 Å². The summed E-state index contributed by atoms with van der Waals surface area (Å²) in [4.78, 5) is 26.6. The van der Waals surface area contributed by atoms with Crippen LogP contribution in [0, 0.1) is 6.92 Å². The Balaban J connectivity index is 0.000000351. The predicted molar refractivity (Wildman–Crippen MR) is 81.7 cm³/mol. The second-order valence-corrected chi connectivity index (χ2v) is 5.07. The van der Waals surface area contributed by atoms with E-state index in [-0.39, 0.29) is 5.91 Å². The highest BCUT2D eigenvalue weighted by Gasteiger charge is 2.38. The number of carboxylic acid groups (broad SMARTS) is 1. The largest absolute Gasteiger partial charge is 0.490 e. The molecule has 2 N–H and O–H groups in total. The number of carbonyl (C=O) groups is 2. The monoisotopic (exact) mass is 345 g/mol. The molecule has 0 saturated heterocycles. The van der Waals surface area contributed by atoms with E-state index in [1.807, 2.05) is 6.92 Å². The summed E-state index contributed by atoms with van der Waals surface area (Å²) in [5.41, 5.74) is 3.35. The molecule has 1 amide bonds. The average molecular weight is 345 g/mol. The molecule has 0 radical (unpaired) electrons. The molecule has 0 atom stereocenters. The standard InChI is InChI=1S/C13H17N3O.C2HF3O2/c1-4-12(17)16(3)13-9(2)7-10-5-6-14-8-11(10)15-13;3-2(4,5)1(6)7/h4,7,14H,1,5-6,8H2,2-3H3;(H,6,7). The van der Waals surface area contributed by atoms with Gasteiger partial charge in [0.15, 0.2) is 0 Å². The van der Waals surface area contributed by atoms with Gasteiger partial charge in [0.05, 0.1) is 5.69 Å². The summed E-state index contributed by atoms with van der Waals surface area (Å²) in [6.45, 7) is 7.25. The third kappa shape index (κ3) is 5.05. The lowest BCUT2D eigenvalue weighted by atomic mass is 10.0. The van der Waals surface area contributed by atoms with Gasteiger partial charge in [-0.3, -0.25) is 9.69 Å². The van der Waals surface area contributed by atoms with Crippen molar-refractivity contribution < 1.29 is 27.9 Å². The molecule has 0 fully saturated rings. The number of carboxylic acids is 1. The van der Waals surface area contributed by atoms with E-state index in [9.17, 15) is 18.0 Å². The summed E-state index contributed by atoms with van der Waals surface area (Å²) >= 11 is 0. The topological polar surface area (TPSA) is 82.5 Å². The molecule has 24 heavy (non-hydrogen) atoms. The van der Waals surface area contributed by atoms with E-state index in [1.54, 1.807) is 7.05 Å². The Bertz CT molecular complexity index is 645. The SMILES string of the molecule is C=CC(=O)N(C)c1nc2c(cc1C)CCNC2.O=C(O)C(F)(F)F. The Morgan fingerprint density at radius 2 is 2.04 bits per heavy atom. The number of hydrogen-bond acceptors (Lipinski definition) is 4. The van der Waals surface area contributed by atoms with Crippen LogP contribution in [-0.4, -0.2) is 41.7 Å².